The van der Waals surface area contributed by atoms with Crippen LogP contribution in [0.4, 0.5) is 10.3 Å². The van der Waals surface area contributed by atoms with Crippen LogP contribution in [0.5, 0.6) is 11.5 Å². The fraction of sp³-hybridized carbons (Fsp3) is 0.333. The molecule has 0 saturated carbocycles. The van der Waals surface area contributed by atoms with Crippen molar-refractivity contribution in [3.8, 4) is 11.5 Å². The zero-order chi connectivity index (χ0) is 35.4. The van der Waals surface area contributed by atoms with Crippen molar-refractivity contribution in [2.45, 2.75) is 50.7 Å². The minimum absolute atomic E-state index is 0.0395. The molecule has 2 atom stereocenters. The third kappa shape index (κ3) is 7.70. The van der Waals surface area contributed by atoms with E-state index in [9.17, 15) is 9.18 Å². The van der Waals surface area contributed by atoms with Crippen molar-refractivity contribution < 1.29 is 18.7 Å². The van der Waals surface area contributed by atoms with E-state index >= 15 is 0 Å². The molecule has 0 bridgehead atoms. The summed E-state index contributed by atoms with van der Waals surface area (Å²) in [6.07, 6.45) is 2.87. The first kappa shape index (κ1) is 35.5. The zero-order valence-corrected chi connectivity index (χ0v) is 30.2. The monoisotopic (exact) mass is 717 g/mol. The third-order valence-electron chi connectivity index (χ3n) is 9.68. The van der Waals surface area contributed by atoms with Gasteiger partial charge in [-0.05, 0) is 84.8 Å². The average molecular weight is 719 g/mol. The summed E-state index contributed by atoms with van der Waals surface area (Å²) in [5.41, 5.74) is 5.44. The van der Waals surface area contributed by atoms with E-state index in [0.29, 0.717) is 33.5 Å². The lowest BCUT2D eigenvalue weighted by Gasteiger charge is -2.45. The number of para-hydroxylation sites is 1. The third-order valence-corrected chi connectivity index (χ3v) is 10.4. The Bertz CT molecular complexity index is 1940. The fourth-order valence-electron chi connectivity index (χ4n) is 7.04. The molecule has 2 heterocycles. The number of methoxy groups -OCH3 is 2. The number of carbonyl (C=O) groups is 1. The topological polar surface area (TPSA) is 82.7 Å². The molecule has 1 aliphatic heterocycles. The van der Waals surface area contributed by atoms with E-state index in [1.807, 2.05) is 54.4 Å². The van der Waals surface area contributed by atoms with Gasteiger partial charge in [-0.1, -0.05) is 60.5 Å². The Morgan fingerprint density at radius 3 is 2.46 bits per heavy atom. The number of nitrogens with zero attached hydrogens (tertiary/aromatic N) is 3. The second-order valence-corrected chi connectivity index (χ2v) is 13.6. The van der Waals surface area contributed by atoms with Crippen LogP contribution in [-0.4, -0.2) is 72.2 Å². The van der Waals surface area contributed by atoms with Gasteiger partial charge in [0.05, 0.1) is 47.0 Å². The number of aromatic amines is 1. The smallest absolute Gasteiger partial charge is 0.258 e. The molecule has 1 aromatic heterocycles. The maximum Gasteiger partial charge on any atom is 0.258 e. The van der Waals surface area contributed by atoms with Gasteiger partial charge >= 0.3 is 0 Å². The quantitative estimate of drug-likeness (QED) is 0.134. The van der Waals surface area contributed by atoms with Gasteiger partial charge in [0.1, 0.15) is 17.3 Å². The molecule has 262 valence electrons. The number of ether oxygens (including phenoxy) is 2. The van der Waals surface area contributed by atoms with E-state index < -0.39 is 0 Å². The number of halogens is 3. The average Bonchev–Trinajstić information content (AvgIpc) is 3.55. The minimum Gasteiger partial charge on any atom is -0.497 e. The summed E-state index contributed by atoms with van der Waals surface area (Å²) in [6, 6.07) is 23.9. The lowest BCUT2D eigenvalue weighted by atomic mass is 9.90. The SMILES string of the molecule is CCC(c1ccc(Cl)c(Cl)c1)C(N1CCC(Nc2nc3c(Cc4ccc(F)cc4)cccc3[nH]2)CC1)N(C)C(=O)c1ccc(OC)cc1OC. The van der Waals surface area contributed by atoms with Gasteiger partial charge in [0.15, 0.2) is 0 Å². The molecule has 8 nitrogen and oxygen atoms in total. The number of imidazole rings is 1. The van der Waals surface area contributed by atoms with Crippen molar-refractivity contribution in [3.63, 3.8) is 0 Å². The Labute approximate surface area is 302 Å². The summed E-state index contributed by atoms with van der Waals surface area (Å²) < 4.78 is 24.5. The van der Waals surface area contributed by atoms with E-state index in [4.69, 9.17) is 37.7 Å². The summed E-state index contributed by atoms with van der Waals surface area (Å²) in [7, 11) is 5.00. The second-order valence-electron chi connectivity index (χ2n) is 12.7. The van der Waals surface area contributed by atoms with E-state index in [0.717, 1.165) is 66.0 Å². The van der Waals surface area contributed by atoms with Crippen molar-refractivity contribution in [2.75, 3.05) is 39.7 Å². The van der Waals surface area contributed by atoms with Crippen LogP contribution in [-0.2, 0) is 6.42 Å². The van der Waals surface area contributed by atoms with Crippen molar-refractivity contribution >= 4 is 46.1 Å². The summed E-state index contributed by atoms with van der Waals surface area (Å²) in [4.78, 5) is 26.8. The lowest BCUT2D eigenvalue weighted by Crippen LogP contribution is -2.55. The predicted molar refractivity (Wildman–Crippen MR) is 198 cm³/mol. The molecule has 0 aliphatic carbocycles. The number of hydrogen-bond acceptors (Lipinski definition) is 6. The first-order valence-corrected chi connectivity index (χ1v) is 17.6. The molecule has 50 heavy (non-hydrogen) atoms. The van der Waals surface area contributed by atoms with Gasteiger partial charge in [0.25, 0.3) is 5.91 Å². The van der Waals surface area contributed by atoms with Crippen LogP contribution in [0.1, 0.15) is 59.2 Å². The Morgan fingerprint density at radius 2 is 1.78 bits per heavy atom. The molecule has 2 N–H and O–H groups in total. The Morgan fingerprint density at radius 1 is 1.02 bits per heavy atom. The van der Waals surface area contributed by atoms with Gasteiger partial charge in [-0.3, -0.25) is 9.69 Å². The number of nitrogens with one attached hydrogen (secondary N) is 2. The van der Waals surface area contributed by atoms with Crippen LogP contribution in [0.2, 0.25) is 10.0 Å². The first-order valence-electron chi connectivity index (χ1n) is 16.9. The summed E-state index contributed by atoms with van der Waals surface area (Å²) in [5, 5.41) is 4.62. The van der Waals surface area contributed by atoms with Gasteiger partial charge in [0.2, 0.25) is 5.95 Å². The molecule has 0 radical (unpaired) electrons. The molecular weight excluding hydrogens is 676 g/mol. The molecular formula is C39H42Cl2FN5O3. The van der Waals surface area contributed by atoms with Crippen molar-refractivity contribution in [2.24, 2.45) is 0 Å². The van der Waals surface area contributed by atoms with Gasteiger partial charge in [-0.25, -0.2) is 9.37 Å². The highest BCUT2D eigenvalue weighted by Gasteiger charge is 2.37. The highest BCUT2D eigenvalue weighted by molar-refractivity contribution is 6.42. The summed E-state index contributed by atoms with van der Waals surface area (Å²) in [6.45, 7) is 3.65. The molecule has 11 heteroatoms. The maximum absolute atomic E-state index is 14.2. The number of piperidine rings is 1. The minimum atomic E-state index is -0.266. The second kappa shape index (κ2) is 15.7. The van der Waals surface area contributed by atoms with Crippen LogP contribution >= 0.6 is 23.2 Å². The van der Waals surface area contributed by atoms with E-state index in [1.165, 1.54) is 12.1 Å². The lowest BCUT2D eigenvalue weighted by molar-refractivity contribution is 0.0199. The van der Waals surface area contributed by atoms with Crippen LogP contribution in [0.25, 0.3) is 11.0 Å². The number of fused-ring (bicyclic) bond motifs is 1. The number of hydrogen-bond donors (Lipinski definition) is 2. The number of likely N-dealkylation sites (N-methyl/N-ethyl adjacent to an activating group) is 1. The van der Waals surface area contributed by atoms with E-state index in [-0.39, 0.29) is 29.8 Å². The molecule has 1 amide bonds. The van der Waals surface area contributed by atoms with Crippen molar-refractivity contribution in [1.29, 1.82) is 0 Å². The van der Waals surface area contributed by atoms with Crippen molar-refractivity contribution in [1.82, 2.24) is 19.8 Å². The number of aromatic nitrogens is 2. The number of benzene rings is 4. The summed E-state index contributed by atoms with van der Waals surface area (Å²) in [5.74, 6) is 1.36. The fourth-order valence-corrected chi connectivity index (χ4v) is 7.35. The molecule has 1 aliphatic rings. The molecule has 2 unspecified atom stereocenters. The Hall–Kier alpha value is -4.31. The number of H-pyrrole nitrogens is 1. The molecule has 0 spiro atoms. The van der Waals surface area contributed by atoms with Gasteiger partial charge in [-0.15, -0.1) is 0 Å². The molecule has 1 fully saturated rings. The zero-order valence-electron chi connectivity index (χ0n) is 28.7. The Kier molecular flexibility index (Phi) is 11.2. The van der Waals surface area contributed by atoms with Crippen LogP contribution in [0.15, 0.2) is 78.9 Å². The summed E-state index contributed by atoms with van der Waals surface area (Å²) >= 11 is 12.8. The highest BCUT2D eigenvalue weighted by atomic mass is 35.5. The number of rotatable bonds is 12. The normalized spacial score (nSPS) is 15.1. The first-order chi connectivity index (χ1) is 24.2. The number of carbonyl (C=O) groups excluding carboxylic acids is 1. The van der Waals surface area contributed by atoms with Gasteiger partial charge in [0, 0.05) is 38.2 Å². The van der Waals surface area contributed by atoms with Crippen LogP contribution in [0, 0.1) is 5.82 Å². The van der Waals surface area contributed by atoms with E-state index in [2.05, 4.69) is 28.2 Å². The molecule has 4 aromatic carbocycles. The van der Waals surface area contributed by atoms with E-state index in [1.54, 1.807) is 32.4 Å². The Balaban J connectivity index is 1.22. The highest BCUT2D eigenvalue weighted by Crippen LogP contribution is 2.36. The van der Waals surface area contributed by atoms with Crippen LogP contribution < -0.4 is 14.8 Å². The maximum atomic E-state index is 14.2. The number of anilines is 1. The molecule has 1 saturated heterocycles. The van der Waals surface area contributed by atoms with Crippen molar-refractivity contribution in [3.05, 3.63) is 117 Å². The predicted octanol–water partition coefficient (Wildman–Crippen LogP) is 8.79. The van der Waals surface area contributed by atoms with Gasteiger partial charge < -0.3 is 24.7 Å². The van der Waals surface area contributed by atoms with Gasteiger partial charge in [-0.2, -0.15) is 0 Å². The number of amides is 1. The molecule has 6 rings (SSSR count). The number of likely N-dealkylation sites (tertiary alicyclic amines) is 1. The van der Waals surface area contributed by atoms with Crippen LogP contribution in [0.3, 0.4) is 0 Å². The largest absolute Gasteiger partial charge is 0.497 e. The standard InChI is InChI=1S/C39H42Cl2FN5O3/c1-5-30(25-11-16-32(40)33(41)22-25)37(46(2)38(48)31-15-14-29(49-3)23-35(31)50-4)47-19-17-28(18-20-47)43-39-44-34-8-6-7-26(36(34)45-39)21-24-9-12-27(42)13-10-24/h6-16,22-23,28,30,37H,5,17-21H2,1-4H3,(H2,43,44,45). The molecule has 5 aromatic rings.